The van der Waals surface area contributed by atoms with Crippen LogP contribution in [0.25, 0.3) is 11.0 Å². The van der Waals surface area contributed by atoms with Crippen molar-refractivity contribution in [3.05, 3.63) is 24.0 Å². The van der Waals surface area contributed by atoms with Gasteiger partial charge in [-0.1, -0.05) is 0 Å². The summed E-state index contributed by atoms with van der Waals surface area (Å²) in [5.41, 5.74) is 1.54. The molecule has 2 aliphatic rings. The summed E-state index contributed by atoms with van der Waals surface area (Å²) < 4.78 is 18.9. The van der Waals surface area contributed by atoms with Gasteiger partial charge in [0.25, 0.3) is 0 Å². The van der Waals surface area contributed by atoms with Crippen LogP contribution in [-0.2, 0) is 4.74 Å². The molecule has 1 aliphatic heterocycles. The predicted octanol–water partition coefficient (Wildman–Crippen LogP) is 1.66. The summed E-state index contributed by atoms with van der Waals surface area (Å²) >= 11 is 0. The highest BCUT2D eigenvalue weighted by atomic mass is 19.1. The van der Waals surface area contributed by atoms with E-state index in [2.05, 4.69) is 20.2 Å². The van der Waals surface area contributed by atoms with Crippen LogP contribution in [0.1, 0.15) is 12.8 Å². The summed E-state index contributed by atoms with van der Waals surface area (Å²) in [5, 5.41) is 3.55. The van der Waals surface area contributed by atoms with Gasteiger partial charge < -0.3 is 19.9 Å². The van der Waals surface area contributed by atoms with Crippen molar-refractivity contribution < 1.29 is 9.13 Å². The summed E-state index contributed by atoms with van der Waals surface area (Å²) in [5.74, 6) is 0.563. The number of fused-ring (bicyclic) bond motifs is 1. The van der Waals surface area contributed by atoms with Crippen LogP contribution in [0, 0.1) is 5.82 Å². The van der Waals surface area contributed by atoms with E-state index in [1.807, 2.05) is 0 Å². The third kappa shape index (κ3) is 2.73. The zero-order valence-electron chi connectivity index (χ0n) is 11.8. The maximum absolute atomic E-state index is 13.3. The van der Waals surface area contributed by atoms with Crippen molar-refractivity contribution in [3.8, 4) is 0 Å². The third-order valence-corrected chi connectivity index (χ3v) is 4.15. The number of rotatable bonds is 4. The monoisotopic (exact) mass is 290 g/mol. The number of hydrogen-bond acceptors (Lipinski definition) is 4. The Morgan fingerprint density at radius 1 is 1.43 bits per heavy atom. The fraction of sp³-hybridized carbons (Fsp3) is 0.533. The normalized spacial score (nSPS) is 22.9. The van der Waals surface area contributed by atoms with Crippen LogP contribution in [0.5, 0.6) is 0 Å². The van der Waals surface area contributed by atoms with Crippen molar-refractivity contribution in [1.82, 2.24) is 15.3 Å². The standard InChI is InChI=1S/C15H19FN4O/c16-10-1-4-13-14(7-10)19-15(18-13)20-5-6-21-9-12(20)8-17-11-2-3-11/h1,4,7,11-12,17H,2-3,5-6,8-9H2,(H,18,19). The highest BCUT2D eigenvalue weighted by molar-refractivity contribution is 5.77. The van der Waals surface area contributed by atoms with Crippen LogP contribution < -0.4 is 10.2 Å². The first-order valence-electron chi connectivity index (χ1n) is 7.52. The van der Waals surface area contributed by atoms with Crippen LogP contribution in [-0.4, -0.2) is 48.4 Å². The van der Waals surface area contributed by atoms with Crippen molar-refractivity contribution in [2.24, 2.45) is 0 Å². The fourth-order valence-electron chi connectivity index (χ4n) is 2.80. The minimum absolute atomic E-state index is 0.244. The zero-order valence-corrected chi connectivity index (χ0v) is 11.8. The Morgan fingerprint density at radius 2 is 2.33 bits per heavy atom. The van der Waals surface area contributed by atoms with Gasteiger partial charge in [0.15, 0.2) is 0 Å². The van der Waals surface area contributed by atoms with Gasteiger partial charge in [-0.25, -0.2) is 9.37 Å². The molecule has 2 aromatic rings. The summed E-state index contributed by atoms with van der Waals surface area (Å²) in [6.45, 7) is 3.10. The summed E-state index contributed by atoms with van der Waals surface area (Å²) in [6, 6.07) is 5.59. The SMILES string of the molecule is Fc1ccc2nc(N3CCOCC3CNC3CC3)[nH]c2c1. The van der Waals surface area contributed by atoms with Gasteiger partial charge in [-0.2, -0.15) is 0 Å². The largest absolute Gasteiger partial charge is 0.377 e. The number of hydrogen-bond donors (Lipinski definition) is 2. The molecular formula is C15H19FN4O. The van der Waals surface area contributed by atoms with Gasteiger partial charge in [0.2, 0.25) is 5.95 Å². The number of aromatic amines is 1. The second-order valence-electron chi connectivity index (χ2n) is 5.83. The molecule has 4 rings (SSSR count). The van der Waals surface area contributed by atoms with Crippen molar-refractivity contribution in [2.75, 3.05) is 31.2 Å². The smallest absolute Gasteiger partial charge is 0.204 e. The number of nitrogens with zero attached hydrogens (tertiary/aromatic N) is 2. The Labute approximate surface area is 122 Å². The molecule has 2 N–H and O–H groups in total. The molecule has 1 saturated carbocycles. The zero-order chi connectivity index (χ0) is 14.2. The number of H-pyrrole nitrogens is 1. The molecule has 0 spiro atoms. The molecule has 0 radical (unpaired) electrons. The lowest BCUT2D eigenvalue weighted by atomic mass is 10.2. The number of aromatic nitrogens is 2. The van der Waals surface area contributed by atoms with Crippen LogP contribution in [0.15, 0.2) is 18.2 Å². The second kappa shape index (κ2) is 5.27. The summed E-state index contributed by atoms with van der Waals surface area (Å²) in [4.78, 5) is 10.1. The number of morpholine rings is 1. The molecule has 21 heavy (non-hydrogen) atoms. The van der Waals surface area contributed by atoms with Gasteiger partial charge in [0, 0.05) is 19.1 Å². The fourth-order valence-corrected chi connectivity index (χ4v) is 2.80. The maximum Gasteiger partial charge on any atom is 0.204 e. The van der Waals surface area contributed by atoms with E-state index in [0.717, 1.165) is 30.1 Å². The van der Waals surface area contributed by atoms with E-state index in [4.69, 9.17) is 4.74 Å². The molecule has 5 nitrogen and oxygen atoms in total. The van der Waals surface area contributed by atoms with E-state index in [1.165, 1.54) is 25.0 Å². The van der Waals surface area contributed by atoms with Crippen molar-refractivity contribution in [2.45, 2.75) is 24.9 Å². The lowest BCUT2D eigenvalue weighted by Crippen LogP contribution is -2.51. The lowest BCUT2D eigenvalue weighted by molar-refractivity contribution is 0.0929. The minimum atomic E-state index is -0.244. The Kier molecular flexibility index (Phi) is 3.27. The number of anilines is 1. The first-order valence-corrected chi connectivity index (χ1v) is 7.52. The molecular weight excluding hydrogens is 271 g/mol. The Hall–Kier alpha value is -1.66. The topological polar surface area (TPSA) is 53.2 Å². The van der Waals surface area contributed by atoms with Crippen LogP contribution >= 0.6 is 0 Å². The molecule has 2 fully saturated rings. The first kappa shape index (κ1) is 13.0. The molecule has 1 atom stereocenters. The van der Waals surface area contributed by atoms with E-state index in [-0.39, 0.29) is 11.9 Å². The molecule has 6 heteroatoms. The molecule has 0 amide bonds. The molecule has 112 valence electrons. The highest BCUT2D eigenvalue weighted by Gasteiger charge is 2.28. The molecule has 2 heterocycles. The van der Waals surface area contributed by atoms with Gasteiger partial charge in [-0.3, -0.25) is 0 Å². The van der Waals surface area contributed by atoms with Crippen molar-refractivity contribution in [1.29, 1.82) is 0 Å². The molecule has 1 aromatic heterocycles. The molecule has 1 saturated heterocycles. The second-order valence-corrected chi connectivity index (χ2v) is 5.83. The number of nitrogens with one attached hydrogen (secondary N) is 2. The van der Waals surface area contributed by atoms with Gasteiger partial charge in [-0.05, 0) is 31.0 Å². The third-order valence-electron chi connectivity index (χ3n) is 4.15. The Morgan fingerprint density at radius 3 is 3.19 bits per heavy atom. The van der Waals surface area contributed by atoms with E-state index < -0.39 is 0 Å². The molecule has 1 unspecified atom stereocenters. The van der Waals surface area contributed by atoms with E-state index in [1.54, 1.807) is 6.07 Å². The lowest BCUT2D eigenvalue weighted by Gasteiger charge is -2.35. The summed E-state index contributed by atoms with van der Waals surface area (Å²) in [7, 11) is 0. The van der Waals surface area contributed by atoms with E-state index >= 15 is 0 Å². The van der Waals surface area contributed by atoms with Crippen LogP contribution in [0.4, 0.5) is 10.3 Å². The predicted molar refractivity (Wildman–Crippen MR) is 79.0 cm³/mol. The maximum atomic E-state index is 13.3. The Balaban J connectivity index is 1.57. The van der Waals surface area contributed by atoms with Crippen LogP contribution in [0.2, 0.25) is 0 Å². The highest BCUT2D eigenvalue weighted by Crippen LogP contribution is 2.23. The summed E-state index contributed by atoms with van der Waals surface area (Å²) in [6.07, 6.45) is 2.55. The molecule has 1 aromatic carbocycles. The average molecular weight is 290 g/mol. The van der Waals surface area contributed by atoms with Gasteiger partial charge in [-0.15, -0.1) is 0 Å². The number of imidazole rings is 1. The first-order chi connectivity index (χ1) is 10.3. The Bertz CT molecular complexity index is 640. The van der Waals surface area contributed by atoms with Crippen LogP contribution in [0.3, 0.4) is 0 Å². The molecule has 1 aliphatic carbocycles. The number of ether oxygens (including phenoxy) is 1. The molecule has 0 bridgehead atoms. The average Bonchev–Trinajstić information content (AvgIpc) is 3.23. The van der Waals surface area contributed by atoms with Gasteiger partial charge in [0.05, 0.1) is 30.3 Å². The van der Waals surface area contributed by atoms with Gasteiger partial charge in [0.1, 0.15) is 5.82 Å². The number of benzene rings is 1. The van der Waals surface area contributed by atoms with Crippen molar-refractivity contribution in [3.63, 3.8) is 0 Å². The van der Waals surface area contributed by atoms with E-state index in [9.17, 15) is 4.39 Å². The minimum Gasteiger partial charge on any atom is -0.377 e. The van der Waals surface area contributed by atoms with E-state index in [0.29, 0.717) is 19.3 Å². The van der Waals surface area contributed by atoms with Crippen molar-refractivity contribution >= 4 is 17.0 Å². The van der Waals surface area contributed by atoms with Gasteiger partial charge >= 0.3 is 0 Å². The quantitative estimate of drug-likeness (QED) is 0.899. The number of halogens is 1.